The number of carbonyl (C=O) groups is 1. The van der Waals surface area contributed by atoms with Crippen LogP contribution in [0.3, 0.4) is 0 Å². The van der Waals surface area contributed by atoms with Crippen molar-refractivity contribution in [1.29, 1.82) is 0 Å². The third-order valence-corrected chi connectivity index (χ3v) is 3.86. The Bertz CT molecular complexity index is 417. The van der Waals surface area contributed by atoms with Crippen molar-refractivity contribution in [3.05, 3.63) is 35.9 Å². The lowest BCUT2D eigenvalue weighted by Gasteiger charge is -2.25. The van der Waals surface area contributed by atoms with E-state index in [9.17, 15) is 4.79 Å². The first kappa shape index (κ1) is 10.9. The molecule has 1 aliphatic carbocycles. The van der Waals surface area contributed by atoms with Crippen LogP contribution in [0.25, 0.3) is 0 Å². The van der Waals surface area contributed by atoms with E-state index < -0.39 is 0 Å². The molecule has 90 valence electrons. The Hall–Kier alpha value is -1.19. The SMILES string of the molecule is CN1O[C@H]2CCCC(=O)[C@H]2[C@H]1c1ccccc1. The zero-order valence-electron chi connectivity index (χ0n) is 10.0. The standard InChI is InChI=1S/C14H17NO2/c1-15-14(10-6-3-2-4-7-10)13-11(16)8-5-9-12(13)17-15/h2-4,6-7,12-14H,5,8-9H2,1H3/t12-,13+,14+/m0/s1. The molecule has 0 unspecified atom stereocenters. The van der Waals surface area contributed by atoms with Gasteiger partial charge in [0.05, 0.1) is 18.1 Å². The third-order valence-electron chi connectivity index (χ3n) is 3.86. The average molecular weight is 231 g/mol. The van der Waals surface area contributed by atoms with Gasteiger partial charge in [-0.1, -0.05) is 30.3 Å². The summed E-state index contributed by atoms with van der Waals surface area (Å²) in [6.07, 6.45) is 2.77. The van der Waals surface area contributed by atoms with Crippen molar-refractivity contribution in [3.63, 3.8) is 0 Å². The van der Waals surface area contributed by atoms with Gasteiger partial charge in [-0.15, -0.1) is 0 Å². The number of hydrogen-bond donors (Lipinski definition) is 0. The van der Waals surface area contributed by atoms with Gasteiger partial charge >= 0.3 is 0 Å². The minimum atomic E-state index is 0.0242. The van der Waals surface area contributed by atoms with E-state index in [0.29, 0.717) is 12.2 Å². The molecule has 0 spiro atoms. The van der Waals surface area contributed by atoms with E-state index in [1.807, 2.05) is 30.3 Å². The Morgan fingerprint density at radius 1 is 1.29 bits per heavy atom. The second-order valence-corrected chi connectivity index (χ2v) is 4.93. The van der Waals surface area contributed by atoms with Crippen LogP contribution in [0.4, 0.5) is 0 Å². The van der Waals surface area contributed by atoms with Crippen molar-refractivity contribution in [2.24, 2.45) is 5.92 Å². The molecule has 3 heteroatoms. The van der Waals surface area contributed by atoms with Gasteiger partial charge in [-0.2, -0.15) is 5.06 Å². The van der Waals surface area contributed by atoms with Crippen LogP contribution in [0.1, 0.15) is 30.9 Å². The van der Waals surface area contributed by atoms with Gasteiger partial charge in [0.15, 0.2) is 0 Å². The molecule has 1 heterocycles. The smallest absolute Gasteiger partial charge is 0.140 e. The lowest BCUT2D eigenvalue weighted by Crippen LogP contribution is -2.32. The van der Waals surface area contributed by atoms with Crippen LogP contribution in [0, 0.1) is 5.92 Å². The van der Waals surface area contributed by atoms with E-state index in [2.05, 4.69) is 12.1 Å². The topological polar surface area (TPSA) is 29.5 Å². The summed E-state index contributed by atoms with van der Waals surface area (Å²) < 4.78 is 0. The molecule has 1 aromatic rings. The number of fused-ring (bicyclic) bond motifs is 1. The van der Waals surface area contributed by atoms with Crippen LogP contribution in [0.15, 0.2) is 30.3 Å². The summed E-state index contributed by atoms with van der Waals surface area (Å²) in [5.41, 5.74) is 1.18. The van der Waals surface area contributed by atoms with Gasteiger partial charge in [-0.3, -0.25) is 9.63 Å². The Labute approximate surface area is 101 Å². The summed E-state index contributed by atoms with van der Waals surface area (Å²) >= 11 is 0. The average Bonchev–Trinajstić information content (AvgIpc) is 2.68. The maximum Gasteiger partial charge on any atom is 0.140 e. The van der Waals surface area contributed by atoms with E-state index >= 15 is 0 Å². The number of nitrogens with zero attached hydrogens (tertiary/aromatic N) is 1. The maximum absolute atomic E-state index is 12.1. The second kappa shape index (κ2) is 4.24. The summed E-state index contributed by atoms with van der Waals surface area (Å²) in [5, 5.41) is 1.87. The quantitative estimate of drug-likeness (QED) is 0.743. The summed E-state index contributed by atoms with van der Waals surface area (Å²) in [5.74, 6) is 0.385. The zero-order chi connectivity index (χ0) is 11.8. The molecule has 2 fully saturated rings. The molecule has 0 N–H and O–H groups in total. The fourth-order valence-corrected chi connectivity index (χ4v) is 3.10. The van der Waals surface area contributed by atoms with Gasteiger partial charge < -0.3 is 0 Å². The van der Waals surface area contributed by atoms with Crippen molar-refractivity contribution in [2.75, 3.05) is 7.05 Å². The van der Waals surface area contributed by atoms with Crippen molar-refractivity contribution >= 4 is 5.78 Å². The molecule has 1 saturated heterocycles. The fourth-order valence-electron chi connectivity index (χ4n) is 3.10. The van der Waals surface area contributed by atoms with Gasteiger partial charge in [0.2, 0.25) is 0 Å². The van der Waals surface area contributed by atoms with Crippen LogP contribution in [-0.4, -0.2) is 24.0 Å². The highest BCUT2D eigenvalue weighted by Crippen LogP contribution is 2.43. The highest BCUT2D eigenvalue weighted by Gasteiger charge is 2.47. The lowest BCUT2D eigenvalue weighted by molar-refractivity contribution is -0.149. The fraction of sp³-hybridized carbons (Fsp3) is 0.500. The van der Waals surface area contributed by atoms with E-state index in [0.717, 1.165) is 12.8 Å². The molecule has 0 bridgehead atoms. The number of rotatable bonds is 1. The molecule has 17 heavy (non-hydrogen) atoms. The van der Waals surface area contributed by atoms with Gasteiger partial charge in [-0.05, 0) is 18.4 Å². The first-order chi connectivity index (χ1) is 8.27. The van der Waals surface area contributed by atoms with Crippen LogP contribution < -0.4 is 0 Å². The molecule has 1 saturated carbocycles. The summed E-state index contributed by atoms with van der Waals surface area (Å²) in [7, 11) is 1.93. The van der Waals surface area contributed by atoms with E-state index in [4.69, 9.17) is 4.84 Å². The zero-order valence-corrected chi connectivity index (χ0v) is 10.0. The van der Waals surface area contributed by atoms with Crippen molar-refractivity contribution < 1.29 is 9.63 Å². The number of hydroxylamine groups is 2. The first-order valence-corrected chi connectivity index (χ1v) is 6.24. The van der Waals surface area contributed by atoms with Crippen LogP contribution in [0.5, 0.6) is 0 Å². The summed E-state index contributed by atoms with van der Waals surface area (Å²) in [6, 6.07) is 10.3. The number of benzene rings is 1. The molecule has 1 aliphatic heterocycles. The summed E-state index contributed by atoms with van der Waals surface area (Å²) in [4.78, 5) is 17.9. The molecule has 3 atom stereocenters. The predicted molar refractivity (Wildman–Crippen MR) is 64.2 cm³/mol. The first-order valence-electron chi connectivity index (χ1n) is 6.24. The highest BCUT2D eigenvalue weighted by molar-refractivity contribution is 5.83. The number of hydrogen-bond acceptors (Lipinski definition) is 3. The highest BCUT2D eigenvalue weighted by atomic mass is 16.7. The van der Waals surface area contributed by atoms with Gasteiger partial charge in [0.1, 0.15) is 5.78 Å². The Kier molecular flexibility index (Phi) is 2.73. The molecule has 0 amide bonds. The van der Waals surface area contributed by atoms with Gasteiger partial charge in [0.25, 0.3) is 0 Å². The Morgan fingerprint density at radius 2 is 2.06 bits per heavy atom. The molecular weight excluding hydrogens is 214 g/mol. The normalized spacial score (nSPS) is 33.7. The predicted octanol–water partition coefficient (Wildman–Crippen LogP) is 2.34. The van der Waals surface area contributed by atoms with E-state index in [1.54, 1.807) is 0 Å². The Morgan fingerprint density at radius 3 is 2.82 bits per heavy atom. The molecule has 2 aliphatic rings. The second-order valence-electron chi connectivity index (χ2n) is 4.93. The van der Waals surface area contributed by atoms with Gasteiger partial charge in [-0.25, -0.2) is 0 Å². The molecule has 3 nitrogen and oxygen atoms in total. The number of carbonyl (C=O) groups excluding carboxylic acids is 1. The monoisotopic (exact) mass is 231 g/mol. The third kappa shape index (κ3) is 1.79. The van der Waals surface area contributed by atoms with Crippen molar-refractivity contribution in [2.45, 2.75) is 31.4 Å². The Balaban J connectivity index is 1.95. The van der Waals surface area contributed by atoms with Gasteiger partial charge in [0, 0.05) is 13.5 Å². The number of ketones is 1. The molecule has 1 aromatic carbocycles. The molecular formula is C14H17NO2. The molecule has 0 radical (unpaired) electrons. The largest absolute Gasteiger partial charge is 0.299 e. The van der Waals surface area contributed by atoms with Crippen molar-refractivity contribution in [3.8, 4) is 0 Å². The van der Waals surface area contributed by atoms with Crippen molar-refractivity contribution in [1.82, 2.24) is 5.06 Å². The summed E-state index contributed by atoms with van der Waals surface area (Å²) in [6.45, 7) is 0. The molecule has 0 aromatic heterocycles. The molecule has 3 rings (SSSR count). The minimum Gasteiger partial charge on any atom is -0.299 e. The van der Waals surface area contributed by atoms with Crippen LogP contribution in [-0.2, 0) is 9.63 Å². The van der Waals surface area contributed by atoms with Crippen LogP contribution in [0.2, 0.25) is 0 Å². The number of Topliss-reactive ketones (excluding diaryl/α,β-unsaturated/α-hetero) is 1. The van der Waals surface area contributed by atoms with E-state index in [-0.39, 0.29) is 18.1 Å². The maximum atomic E-state index is 12.1. The minimum absolute atomic E-state index is 0.0242. The van der Waals surface area contributed by atoms with E-state index in [1.165, 1.54) is 5.56 Å². The van der Waals surface area contributed by atoms with Crippen LogP contribution >= 0.6 is 0 Å². The lowest BCUT2D eigenvalue weighted by atomic mass is 9.79.